The van der Waals surface area contributed by atoms with E-state index in [1.54, 1.807) is 48.5 Å². The van der Waals surface area contributed by atoms with Gasteiger partial charge in [0.1, 0.15) is 29.4 Å². The van der Waals surface area contributed by atoms with Crippen LogP contribution in [-0.2, 0) is 0 Å². The summed E-state index contributed by atoms with van der Waals surface area (Å²) in [5.41, 5.74) is 1.97. The van der Waals surface area contributed by atoms with Gasteiger partial charge in [-0.25, -0.2) is 27.9 Å². The Morgan fingerprint density at radius 1 is 0.652 bits per heavy atom. The van der Waals surface area contributed by atoms with Gasteiger partial charge in [0.25, 0.3) is 5.96 Å². The minimum Gasteiger partial charge on any atom is -0.341 e. The zero-order chi connectivity index (χ0) is 34.0. The molecule has 0 saturated heterocycles. The van der Waals surface area contributed by atoms with Crippen LogP contribution in [0.25, 0.3) is 0 Å². The minimum atomic E-state index is -2.25. The van der Waals surface area contributed by atoms with E-state index in [9.17, 15) is 17.6 Å². The van der Waals surface area contributed by atoms with Gasteiger partial charge in [-0.15, -0.1) is 0 Å². The third-order valence-electron chi connectivity index (χ3n) is 7.28. The molecule has 0 unspecified atom stereocenters. The van der Waals surface area contributed by atoms with Crippen molar-refractivity contribution in [3.63, 3.8) is 0 Å². The lowest BCUT2D eigenvalue weighted by molar-refractivity contribution is -0.471. The van der Waals surface area contributed by atoms with Crippen molar-refractivity contribution in [3.05, 3.63) is 120 Å². The van der Waals surface area contributed by atoms with Crippen LogP contribution in [0.15, 0.2) is 102 Å². The highest BCUT2D eigenvalue weighted by Gasteiger charge is 2.33. The van der Waals surface area contributed by atoms with Crippen molar-refractivity contribution in [2.75, 3.05) is 28.2 Å². The van der Waals surface area contributed by atoms with Crippen molar-refractivity contribution in [3.8, 4) is 0 Å². The molecule has 5 nitrogen and oxygen atoms in total. The van der Waals surface area contributed by atoms with Crippen LogP contribution >= 0.6 is 0 Å². The summed E-state index contributed by atoms with van der Waals surface area (Å²) >= 11 is 0. The molecule has 0 saturated carbocycles. The number of nitrogens with zero attached hydrogens (tertiary/aromatic N) is 3. The van der Waals surface area contributed by atoms with Gasteiger partial charge in [-0.05, 0) is 52.0 Å². The first-order valence-corrected chi connectivity index (χ1v) is 15.3. The molecule has 0 aliphatic heterocycles. The second-order valence-electron chi connectivity index (χ2n) is 12.2. The van der Waals surface area contributed by atoms with Gasteiger partial charge in [-0.2, -0.15) is 21.9 Å². The molecule has 4 aromatic carbocycles. The Hall–Kier alpha value is -4.60. The summed E-state index contributed by atoms with van der Waals surface area (Å²) in [5, 5.41) is 6.64. The molecule has 0 atom stereocenters. The number of rotatable bonds is 6. The number of benzene rings is 4. The maximum atomic E-state index is 14.3. The highest BCUT2D eigenvalue weighted by molar-refractivity contribution is 7.19. The first-order chi connectivity index (χ1) is 21.7. The van der Waals surface area contributed by atoms with Crippen molar-refractivity contribution < 1.29 is 22.1 Å². The summed E-state index contributed by atoms with van der Waals surface area (Å²) in [6, 6.07) is 24.1. The standard InChI is InChI=1S/C24H16BF4.C12H27N5/c26-21-9-1-5-17(13-21)25(18-6-2-10-22(27)14-18,19-7-3-11-23(28)15-19)20-8-4-12-24(29)16-20;1-9(2)13-11(14-10(3)4)15-12(16(5)6)17(7)8/h1-16H;9-10H,1-8H3,(H,13,14)/q-1;/p+1. The Bertz CT molecular complexity index is 1480. The molecule has 2 N–H and O–H groups in total. The highest BCUT2D eigenvalue weighted by Crippen LogP contribution is 2.13. The van der Waals surface area contributed by atoms with E-state index in [1.165, 1.54) is 48.5 Å². The van der Waals surface area contributed by atoms with E-state index in [2.05, 4.69) is 43.3 Å². The zero-order valence-corrected chi connectivity index (χ0v) is 27.8. The summed E-state index contributed by atoms with van der Waals surface area (Å²) in [7, 11) is 8.02. The number of nitrogens with one attached hydrogen (secondary N) is 2. The molecule has 0 aromatic heterocycles. The summed E-state index contributed by atoms with van der Waals surface area (Å²) in [6.07, 6.45) is -2.25. The Morgan fingerprint density at radius 2 is 1.00 bits per heavy atom. The molecule has 4 rings (SSSR count). The summed E-state index contributed by atoms with van der Waals surface area (Å²) in [5.74, 6) is -0.142. The molecule has 0 aliphatic rings. The SMILES string of the molecule is CC(C)N=C(NC(N(C)C)=[N+](C)C)NC(C)C.Fc1cccc([B-](c2cccc(F)c2)(c2cccc(F)c2)c2cccc(F)c2)c1. The third-order valence-corrected chi connectivity index (χ3v) is 7.28. The van der Waals surface area contributed by atoms with Crippen LogP contribution in [0.4, 0.5) is 17.6 Å². The molecule has 10 heteroatoms. The van der Waals surface area contributed by atoms with Crippen molar-refractivity contribution >= 4 is 39.9 Å². The average Bonchev–Trinajstić information content (AvgIpc) is 2.96. The predicted molar refractivity (Wildman–Crippen MR) is 185 cm³/mol. The van der Waals surface area contributed by atoms with Crippen LogP contribution in [0, 0.1) is 23.3 Å². The van der Waals surface area contributed by atoms with E-state index in [-0.39, 0.29) is 6.04 Å². The Labute approximate surface area is 270 Å². The van der Waals surface area contributed by atoms with E-state index < -0.39 is 29.4 Å². The van der Waals surface area contributed by atoms with Gasteiger partial charge in [0, 0.05) is 12.1 Å². The molecule has 4 aromatic rings. The molecule has 244 valence electrons. The molecule has 0 spiro atoms. The van der Waals surface area contributed by atoms with Crippen LogP contribution in [0.1, 0.15) is 27.7 Å². The molecule has 0 radical (unpaired) electrons. The Morgan fingerprint density at radius 3 is 1.24 bits per heavy atom. The Balaban J connectivity index is 0.000000292. The molecular formula is C36H44BF4N5. The maximum absolute atomic E-state index is 14.3. The van der Waals surface area contributed by atoms with E-state index in [4.69, 9.17) is 0 Å². The molecule has 0 amide bonds. The highest BCUT2D eigenvalue weighted by atomic mass is 19.1. The fourth-order valence-corrected chi connectivity index (χ4v) is 5.63. The monoisotopic (exact) mass is 633 g/mol. The zero-order valence-electron chi connectivity index (χ0n) is 27.8. The first-order valence-electron chi connectivity index (χ1n) is 15.3. The van der Waals surface area contributed by atoms with E-state index in [0.29, 0.717) is 27.9 Å². The van der Waals surface area contributed by atoms with Crippen molar-refractivity contribution in [2.24, 2.45) is 4.99 Å². The number of guanidine groups is 2. The minimum absolute atomic E-state index is 0.259. The lowest BCUT2D eigenvalue weighted by Gasteiger charge is -2.44. The van der Waals surface area contributed by atoms with E-state index >= 15 is 0 Å². The van der Waals surface area contributed by atoms with Crippen LogP contribution in [0.2, 0.25) is 0 Å². The molecular weight excluding hydrogens is 589 g/mol. The van der Waals surface area contributed by atoms with Crippen LogP contribution < -0.4 is 32.5 Å². The fraction of sp³-hybridized carbons (Fsp3) is 0.278. The topological polar surface area (TPSA) is 42.7 Å². The number of aliphatic imine (C=N–C) groups is 1. The predicted octanol–water partition coefficient (Wildman–Crippen LogP) is 4.15. The van der Waals surface area contributed by atoms with Gasteiger partial charge in [0.15, 0.2) is 0 Å². The second-order valence-corrected chi connectivity index (χ2v) is 12.2. The van der Waals surface area contributed by atoms with Gasteiger partial charge in [0.05, 0.1) is 28.2 Å². The van der Waals surface area contributed by atoms with Crippen LogP contribution in [-0.4, -0.2) is 67.8 Å². The van der Waals surface area contributed by atoms with E-state index in [1.807, 2.05) is 37.7 Å². The smallest absolute Gasteiger partial charge is 0.341 e. The number of hydrogen-bond donors (Lipinski definition) is 2. The number of halogens is 4. The second kappa shape index (κ2) is 16.1. The van der Waals surface area contributed by atoms with Gasteiger partial charge in [-0.3, -0.25) is 9.48 Å². The van der Waals surface area contributed by atoms with Gasteiger partial charge >= 0.3 is 5.96 Å². The molecule has 0 fully saturated rings. The first kappa shape index (κ1) is 35.9. The summed E-state index contributed by atoms with van der Waals surface area (Å²) in [6.45, 7) is 8.33. The fourth-order valence-electron chi connectivity index (χ4n) is 5.63. The van der Waals surface area contributed by atoms with Gasteiger partial charge in [-0.1, -0.05) is 72.8 Å². The van der Waals surface area contributed by atoms with Crippen molar-refractivity contribution in [2.45, 2.75) is 39.8 Å². The normalized spacial score (nSPS) is 11.6. The van der Waals surface area contributed by atoms with Crippen molar-refractivity contribution in [1.82, 2.24) is 15.5 Å². The van der Waals surface area contributed by atoms with Crippen molar-refractivity contribution in [1.29, 1.82) is 0 Å². The lowest BCUT2D eigenvalue weighted by atomic mass is 9.13. The quantitative estimate of drug-likeness (QED) is 0.110. The summed E-state index contributed by atoms with van der Waals surface area (Å²) < 4.78 is 59.1. The van der Waals surface area contributed by atoms with Gasteiger partial charge < -0.3 is 5.32 Å². The largest absolute Gasteiger partial charge is 0.354 e. The molecule has 0 bridgehead atoms. The molecule has 0 aliphatic carbocycles. The Kier molecular flexibility index (Phi) is 12.6. The summed E-state index contributed by atoms with van der Waals surface area (Å²) in [4.78, 5) is 6.57. The van der Waals surface area contributed by atoms with Crippen LogP contribution in [0.5, 0.6) is 0 Å². The number of hydrogen-bond acceptors (Lipinski definition) is 1. The molecule has 46 heavy (non-hydrogen) atoms. The van der Waals surface area contributed by atoms with E-state index in [0.717, 1.165) is 11.9 Å². The third kappa shape index (κ3) is 9.22. The lowest BCUT2D eigenvalue weighted by Crippen LogP contribution is -2.75. The van der Waals surface area contributed by atoms with Crippen LogP contribution in [0.3, 0.4) is 0 Å². The average molecular weight is 634 g/mol. The molecule has 0 heterocycles. The van der Waals surface area contributed by atoms with Gasteiger partial charge in [0.2, 0.25) is 0 Å². The maximum Gasteiger partial charge on any atom is 0.354 e.